The van der Waals surface area contributed by atoms with Gasteiger partial charge in [0.25, 0.3) is 0 Å². The molecule has 0 radical (unpaired) electrons. The van der Waals surface area contributed by atoms with Crippen molar-refractivity contribution in [2.75, 3.05) is 32.7 Å². The van der Waals surface area contributed by atoms with E-state index in [1.54, 1.807) is 5.57 Å². The van der Waals surface area contributed by atoms with E-state index < -0.39 is 0 Å². The van der Waals surface area contributed by atoms with Crippen molar-refractivity contribution < 1.29 is 4.79 Å². The number of nitrogens with one attached hydrogen (secondary N) is 1. The van der Waals surface area contributed by atoms with Crippen molar-refractivity contribution >= 4 is 6.03 Å². The SMILES string of the molecule is CC1=CCCC(C)C1CN1CCN2C(=O)NCC2C1. The molecule has 0 aromatic carbocycles. The molecule has 0 saturated carbocycles. The van der Waals surface area contributed by atoms with Gasteiger partial charge >= 0.3 is 6.03 Å². The number of nitrogens with zero attached hydrogens (tertiary/aromatic N) is 2. The van der Waals surface area contributed by atoms with Crippen molar-refractivity contribution in [3.05, 3.63) is 11.6 Å². The minimum Gasteiger partial charge on any atom is -0.336 e. The molecule has 2 fully saturated rings. The molecule has 106 valence electrons. The van der Waals surface area contributed by atoms with Crippen molar-refractivity contribution in [3.63, 3.8) is 0 Å². The molecule has 2 heterocycles. The molecular weight excluding hydrogens is 238 g/mol. The predicted molar refractivity (Wildman–Crippen MR) is 76.0 cm³/mol. The maximum Gasteiger partial charge on any atom is 0.317 e. The largest absolute Gasteiger partial charge is 0.336 e. The number of fused-ring (bicyclic) bond motifs is 1. The van der Waals surface area contributed by atoms with Crippen molar-refractivity contribution in [2.24, 2.45) is 11.8 Å². The van der Waals surface area contributed by atoms with E-state index in [4.69, 9.17) is 0 Å². The highest BCUT2D eigenvalue weighted by molar-refractivity contribution is 5.77. The van der Waals surface area contributed by atoms with Crippen LogP contribution in [0.15, 0.2) is 11.6 Å². The van der Waals surface area contributed by atoms with E-state index >= 15 is 0 Å². The Bertz CT molecular complexity index is 393. The summed E-state index contributed by atoms with van der Waals surface area (Å²) in [6.45, 7) is 9.62. The van der Waals surface area contributed by atoms with Crippen LogP contribution >= 0.6 is 0 Å². The van der Waals surface area contributed by atoms with Crippen LogP contribution in [0.1, 0.15) is 26.7 Å². The van der Waals surface area contributed by atoms with Crippen LogP contribution in [0.25, 0.3) is 0 Å². The van der Waals surface area contributed by atoms with Gasteiger partial charge in [0.1, 0.15) is 0 Å². The maximum atomic E-state index is 11.6. The Hall–Kier alpha value is -1.03. The lowest BCUT2D eigenvalue weighted by molar-refractivity contribution is 0.103. The fourth-order valence-electron chi connectivity index (χ4n) is 3.81. The fourth-order valence-corrected chi connectivity index (χ4v) is 3.81. The molecule has 1 aliphatic carbocycles. The van der Waals surface area contributed by atoms with E-state index in [0.29, 0.717) is 12.0 Å². The minimum atomic E-state index is 0.131. The fraction of sp³-hybridized carbons (Fsp3) is 0.800. The summed E-state index contributed by atoms with van der Waals surface area (Å²) in [5, 5.41) is 2.95. The molecule has 3 atom stereocenters. The second-order valence-corrected chi connectivity index (χ2v) is 6.40. The van der Waals surface area contributed by atoms with Gasteiger partial charge in [-0.05, 0) is 31.6 Å². The Kier molecular flexibility index (Phi) is 3.52. The Balaban J connectivity index is 1.60. The van der Waals surface area contributed by atoms with E-state index in [9.17, 15) is 4.79 Å². The molecule has 4 heteroatoms. The van der Waals surface area contributed by atoms with Crippen molar-refractivity contribution in [1.82, 2.24) is 15.1 Å². The number of hydrogen-bond acceptors (Lipinski definition) is 2. The number of urea groups is 1. The summed E-state index contributed by atoms with van der Waals surface area (Å²) in [5.41, 5.74) is 1.57. The van der Waals surface area contributed by atoms with Gasteiger partial charge in [0.2, 0.25) is 0 Å². The van der Waals surface area contributed by atoms with Gasteiger partial charge in [0.05, 0.1) is 6.04 Å². The van der Waals surface area contributed by atoms with Gasteiger partial charge in [-0.25, -0.2) is 4.79 Å². The van der Waals surface area contributed by atoms with Crippen LogP contribution in [0.3, 0.4) is 0 Å². The highest BCUT2D eigenvalue weighted by Gasteiger charge is 2.36. The first kappa shape index (κ1) is 13.0. The monoisotopic (exact) mass is 263 g/mol. The quantitative estimate of drug-likeness (QED) is 0.770. The Labute approximate surface area is 115 Å². The van der Waals surface area contributed by atoms with Gasteiger partial charge in [-0.15, -0.1) is 0 Å². The molecule has 2 saturated heterocycles. The Morgan fingerprint density at radius 1 is 1.42 bits per heavy atom. The lowest BCUT2D eigenvalue weighted by atomic mass is 9.79. The van der Waals surface area contributed by atoms with Gasteiger partial charge in [0, 0.05) is 32.7 Å². The molecule has 3 aliphatic rings. The third-order valence-corrected chi connectivity index (χ3v) is 5.13. The van der Waals surface area contributed by atoms with Crippen LogP contribution in [-0.2, 0) is 0 Å². The predicted octanol–water partition coefficient (Wildman–Crippen LogP) is 1.69. The molecule has 2 aliphatic heterocycles. The summed E-state index contributed by atoms with van der Waals surface area (Å²) in [6.07, 6.45) is 4.99. The van der Waals surface area contributed by atoms with Crippen LogP contribution < -0.4 is 5.32 Å². The topological polar surface area (TPSA) is 35.6 Å². The minimum absolute atomic E-state index is 0.131. The van der Waals surface area contributed by atoms with Crippen molar-refractivity contribution in [1.29, 1.82) is 0 Å². The molecule has 0 bridgehead atoms. The molecule has 2 amide bonds. The van der Waals surface area contributed by atoms with Gasteiger partial charge in [-0.3, -0.25) is 4.90 Å². The molecular formula is C15H25N3O. The van der Waals surface area contributed by atoms with Gasteiger partial charge in [0.15, 0.2) is 0 Å². The zero-order valence-corrected chi connectivity index (χ0v) is 12.1. The number of carbonyl (C=O) groups excluding carboxylic acids is 1. The molecule has 1 N–H and O–H groups in total. The second kappa shape index (κ2) is 5.16. The number of amides is 2. The van der Waals surface area contributed by atoms with Crippen molar-refractivity contribution in [3.8, 4) is 0 Å². The van der Waals surface area contributed by atoms with Crippen LogP contribution in [0.4, 0.5) is 4.79 Å². The van der Waals surface area contributed by atoms with Gasteiger partial charge in [-0.2, -0.15) is 0 Å². The summed E-state index contributed by atoms with van der Waals surface area (Å²) in [4.78, 5) is 16.2. The standard InChI is InChI=1S/C15H25N3O/c1-11-4-3-5-12(2)14(11)10-17-6-7-18-13(9-17)8-16-15(18)19/h4,12-14H,3,5-10H2,1-2H3,(H,16,19). The first-order valence-corrected chi connectivity index (χ1v) is 7.58. The summed E-state index contributed by atoms with van der Waals surface area (Å²) in [6, 6.07) is 0.524. The molecule has 4 nitrogen and oxygen atoms in total. The zero-order chi connectivity index (χ0) is 13.4. The van der Waals surface area contributed by atoms with Gasteiger partial charge < -0.3 is 10.2 Å². The van der Waals surface area contributed by atoms with E-state index in [1.165, 1.54) is 19.4 Å². The van der Waals surface area contributed by atoms with Crippen LogP contribution in [0, 0.1) is 11.8 Å². The molecule has 0 aromatic heterocycles. The summed E-state index contributed by atoms with van der Waals surface area (Å²) in [5.74, 6) is 1.51. The third kappa shape index (κ3) is 2.50. The van der Waals surface area contributed by atoms with E-state index in [2.05, 4.69) is 30.1 Å². The highest BCUT2D eigenvalue weighted by atomic mass is 16.2. The molecule has 3 rings (SSSR count). The number of carbonyl (C=O) groups is 1. The number of rotatable bonds is 2. The summed E-state index contributed by atoms with van der Waals surface area (Å²) >= 11 is 0. The van der Waals surface area contributed by atoms with Crippen LogP contribution in [-0.4, -0.2) is 54.6 Å². The van der Waals surface area contributed by atoms with E-state index in [0.717, 1.165) is 32.1 Å². The summed E-state index contributed by atoms with van der Waals surface area (Å²) in [7, 11) is 0. The zero-order valence-electron chi connectivity index (χ0n) is 12.1. The first-order chi connectivity index (χ1) is 9.15. The third-order valence-electron chi connectivity index (χ3n) is 5.13. The number of hydrogen-bond donors (Lipinski definition) is 1. The molecule has 3 unspecified atom stereocenters. The molecule has 19 heavy (non-hydrogen) atoms. The summed E-state index contributed by atoms with van der Waals surface area (Å²) < 4.78 is 0. The van der Waals surface area contributed by atoms with Gasteiger partial charge in [-0.1, -0.05) is 18.6 Å². The lowest BCUT2D eigenvalue weighted by Gasteiger charge is -2.40. The van der Waals surface area contributed by atoms with E-state index in [-0.39, 0.29) is 6.03 Å². The van der Waals surface area contributed by atoms with E-state index in [1.807, 2.05) is 4.90 Å². The Morgan fingerprint density at radius 3 is 3.05 bits per heavy atom. The lowest BCUT2D eigenvalue weighted by Crippen LogP contribution is -2.53. The van der Waals surface area contributed by atoms with Crippen molar-refractivity contribution in [2.45, 2.75) is 32.7 Å². The maximum absolute atomic E-state index is 11.6. The average Bonchev–Trinajstić information content (AvgIpc) is 2.76. The molecule has 0 aromatic rings. The first-order valence-electron chi connectivity index (χ1n) is 7.58. The number of allylic oxidation sites excluding steroid dienone is 1. The smallest absolute Gasteiger partial charge is 0.317 e. The van der Waals surface area contributed by atoms with Crippen LogP contribution in [0.5, 0.6) is 0 Å². The number of piperazine rings is 1. The average molecular weight is 263 g/mol. The Morgan fingerprint density at radius 2 is 2.26 bits per heavy atom. The highest BCUT2D eigenvalue weighted by Crippen LogP contribution is 2.31. The second-order valence-electron chi connectivity index (χ2n) is 6.40. The van der Waals surface area contributed by atoms with Crippen LogP contribution in [0.2, 0.25) is 0 Å². The normalized spacial score (nSPS) is 35.9. The molecule has 0 spiro atoms.